The quantitative estimate of drug-likeness (QED) is 0.0990. The predicted octanol–water partition coefficient (Wildman–Crippen LogP) is 9.56. The average Bonchev–Trinajstić information content (AvgIpc) is 4.11. The van der Waals surface area contributed by atoms with Crippen LogP contribution in [0.3, 0.4) is 0 Å². The van der Waals surface area contributed by atoms with Crippen LogP contribution in [0.4, 0.5) is 0 Å². The topological polar surface area (TPSA) is 151 Å². The molecule has 3 aromatic carbocycles. The second kappa shape index (κ2) is 19.1. The number of aromatic amines is 2. The Morgan fingerprint density at radius 1 is 0.645 bits per heavy atom. The molecule has 2 aliphatic heterocycles. The molecular formula is C50H62N6O6. The van der Waals surface area contributed by atoms with Gasteiger partial charge in [0, 0.05) is 13.1 Å². The lowest BCUT2D eigenvalue weighted by Gasteiger charge is -2.29. The highest BCUT2D eigenvalue weighted by atomic mass is 16.5. The second-order valence-electron chi connectivity index (χ2n) is 18.0. The van der Waals surface area contributed by atoms with E-state index in [1.807, 2.05) is 49.8 Å². The molecule has 0 unspecified atom stereocenters. The van der Waals surface area contributed by atoms with E-state index in [2.05, 4.69) is 84.5 Å². The molecule has 62 heavy (non-hydrogen) atoms. The lowest BCUT2D eigenvalue weighted by molar-refractivity contribution is -0.148. The maximum absolute atomic E-state index is 14.0. The number of esters is 2. The van der Waals surface area contributed by atoms with E-state index < -0.39 is 11.8 Å². The van der Waals surface area contributed by atoms with Gasteiger partial charge in [-0.15, -0.1) is 0 Å². The van der Waals surface area contributed by atoms with Gasteiger partial charge in [-0.25, -0.2) is 9.97 Å². The van der Waals surface area contributed by atoms with Crippen molar-refractivity contribution < 1.29 is 28.7 Å². The Hall–Kier alpha value is -5.78. The lowest BCUT2D eigenvalue weighted by atomic mass is 9.90. The number of rotatable bonds is 15. The zero-order valence-corrected chi connectivity index (χ0v) is 37.4. The first-order valence-electron chi connectivity index (χ1n) is 22.3. The number of nitrogens with zero attached hydrogens (tertiary/aromatic N) is 4. The molecule has 0 spiro atoms. The number of carbonyl (C=O) groups is 4. The van der Waals surface area contributed by atoms with Gasteiger partial charge in [0.25, 0.3) is 0 Å². The van der Waals surface area contributed by atoms with E-state index in [1.165, 1.54) is 14.2 Å². The van der Waals surface area contributed by atoms with Crippen LogP contribution < -0.4 is 0 Å². The molecule has 2 N–H and O–H groups in total. The highest BCUT2D eigenvalue weighted by Crippen LogP contribution is 2.41. The van der Waals surface area contributed by atoms with Crippen LogP contribution in [0.2, 0.25) is 0 Å². The van der Waals surface area contributed by atoms with Gasteiger partial charge in [-0.3, -0.25) is 19.2 Å². The molecule has 7 rings (SSSR count). The van der Waals surface area contributed by atoms with Gasteiger partial charge in [0.1, 0.15) is 11.6 Å². The summed E-state index contributed by atoms with van der Waals surface area (Å²) < 4.78 is 9.85. The molecule has 2 amide bonds. The molecule has 5 aromatic rings. The summed E-state index contributed by atoms with van der Waals surface area (Å²) in [4.78, 5) is 73.0. The Morgan fingerprint density at radius 3 is 1.56 bits per heavy atom. The SMILES string of the molecule is CC[C@H]1C[C@@H](c2ncc(-c3ccc(-c4ccc(-c5ccc6nc([C@@H]7C[C@H](CC)CN7C(=O)[C@@H](CC(=O)OC)C(C)C)[nH]c6c5)cc4)cc3)[nH]2)N(C(=O)[C@@H](CC(=O)OC)C(C)C)C1. The zero-order valence-electron chi connectivity index (χ0n) is 37.4. The number of fused-ring (bicyclic) bond motifs is 1. The third kappa shape index (κ3) is 9.34. The van der Waals surface area contributed by atoms with Gasteiger partial charge >= 0.3 is 11.9 Å². The van der Waals surface area contributed by atoms with Gasteiger partial charge in [-0.05, 0) is 76.5 Å². The zero-order chi connectivity index (χ0) is 44.2. The summed E-state index contributed by atoms with van der Waals surface area (Å²) in [5, 5.41) is 0. The number of nitrogens with one attached hydrogen (secondary N) is 2. The van der Waals surface area contributed by atoms with Crippen molar-refractivity contribution in [3.8, 4) is 33.5 Å². The minimum Gasteiger partial charge on any atom is -0.469 e. The van der Waals surface area contributed by atoms with Crippen molar-refractivity contribution in [2.24, 2.45) is 35.5 Å². The van der Waals surface area contributed by atoms with Gasteiger partial charge in [0.2, 0.25) is 11.8 Å². The minimum absolute atomic E-state index is 0.00109. The van der Waals surface area contributed by atoms with E-state index in [0.717, 1.165) is 81.9 Å². The summed E-state index contributed by atoms with van der Waals surface area (Å²) in [5.74, 6) is 0.591. The second-order valence-corrected chi connectivity index (χ2v) is 18.0. The molecule has 2 aliphatic rings. The number of hydrogen-bond acceptors (Lipinski definition) is 8. The summed E-state index contributed by atoms with van der Waals surface area (Å²) in [6, 6.07) is 22.8. The average molecular weight is 843 g/mol. The molecule has 4 heterocycles. The summed E-state index contributed by atoms with van der Waals surface area (Å²) in [6.45, 7) is 13.5. The number of aromatic nitrogens is 4. The number of carbonyl (C=O) groups excluding carboxylic acids is 4. The molecule has 2 fully saturated rings. The van der Waals surface area contributed by atoms with Gasteiger partial charge in [-0.1, -0.05) is 109 Å². The minimum atomic E-state index is -0.450. The van der Waals surface area contributed by atoms with Crippen LogP contribution in [-0.4, -0.2) is 80.8 Å². The van der Waals surface area contributed by atoms with Crippen molar-refractivity contribution in [1.29, 1.82) is 0 Å². The van der Waals surface area contributed by atoms with Crippen LogP contribution in [0, 0.1) is 35.5 Å². The van der Waals surface area contributed by atoms with Gasteiger partial charge in [-0.2, -0.15) is 0 Å². The Labute approximate surface area is 365 Å². The van der Waals surface area contributed by atoms with E-state index in [-0.39, 0.29) is 60.5 Å². The maximum Gasteiger partial charge on any atom is 0.306 e. The maximum atomic E-state index is 14.0. The van der Waals surface area contributed by atoms with Crippen molar-refractivity contribution in [3.63, 3.8) is 0 Å². The molecule has 12 nitrogen and oxygen atoms in total. The summed E-state index contributed by atoms with van der Waals surface area (Å²) in [7, 11) is 2.73. The van der Waals surface area contributed by atoms with Crippen molar-refractivity contribution in [1.82, 2.24) is 29.7 Å². The van der Waals surface area contributed by atoms with E-state index >= 15 is 0 Å². The summed E-state index contributed by atoms with van der Waals surface area (Å²) >= 11 is 0. The Bertz CT molecular complexity index is 2360. The van der Waals surface area contributed by atoms with Crippen LogP contribution in [0.5, 0.6) is 0 Å². The van der Waals surface area contributed by atoms with Crippen molar-refractivity contribution >= 4 is 34.8 Å². The van der Waals surface area contributed by atoms with E-state index in [9.17, 15) is 19.2 Å². The Balaban J connectivity index is 1.04. The first kappa shape index (κ1) is 44.3. The molecule has 2 aromatic heterocycles. The molecule has 2 saturated heterocycles. The fourth-order valence-corrected chi connectivity index (χ4v) is 9.33. The van der Waals surface area contributed by atoms with E-state index in [0.29, 0.717) is 24.9 Å². The number of H-pyrrole nitrogens is 2. The van der Waals surface area contributed by atoms with Crippen LogP contribution in [0.25, 0.3) is 44.5 Å². The van der Waals surface area contributed by atoms with Crippen molar-refractivity contribution in [2.45, 2.75) is 92.2 Å². The smallest absolute Gasteiger partial charge is 0.306 e. The highest BCUT2D eigenvalue weighted by Gasteiger charge is 2.42. The molecule has 328 valence electrons. The van der Waals surface area contributed by atoms with Gasteiger partial charge < -0.3 is 29.2 Å². The number of hydrogen-bond donors (Lipinski definition) is 2. The first-order valence-corrected chi connectivity index (χ1v) is 22.3. The third-order valence-corrected chi connectivity index (χ3v) is 13.4. The number of benzene rings is 3. The lowest BCUT2D eigenvalue weighted by Crippen LogP contribution is -2.39. The fraction of sp³-hybridized carbons (Fsp3) is 0.480. The Kier molecular flexibility index (Phi) is 13.6. The Morgan fingerprint density at radius 2 is 1.10 bits per heavy atom. The molecular weight excluding hydrogens is 781 g/mol. The molecule has 0 bridgehead atoms. The number of amides is 2. The standard InChI is InChI=1S/C50H62N6O6/c1-9-31-21-43(55(27-31)49(59)38(29(3)4)24-45(57)61-7)47-51-26-42(54-47)36-17-15-34(16-18-36)33-11-13-35(14-12-33)37-19-20-40-41(23-37)53-48(52-40)44-22-32(10-2)28-56(44)50(60)39(30(5)6)25-46(58)62-8/h11-20,23,26,29-32,38-39,43-44H,9-10,21-22,24-25,27-28H2,1-8H3,(H,51,54)(H,52,53)/t31-,32-,38-,39-,43-,44-/m0/s1. The number of likely N-dealkylation sites (tertiary alicyclic amines) is 2. The van der Waals surface area contributed by atoms with Crippen LogP contribution in [0.15, 0.2) is 72.9 Å². The van der Waals surface area contributed by atoms with Crippen LogP contribution in [-0.2, 0) is 28.7 Å². The first-order chi connectivity index (χ1) is 29.8. The van der Waals surface area contributed by atoms with Crippen LogP contribution >= 0.6 is 0 Å². The fourth-order valence-electron chi connectivity index (χ4n) is 9.33. The van der Waals surface area contributed by atoms with Gasteiger partial charge in [0.15, 0.2) is 0 Å². The molecule has 12 heteroatoms. The highest BCUT2D eigenvalue weighted by molar-refractivity contribution is 5.86. The molecule has 0 aliphatic carbocycles. The van der Waals surface area contributed by atoms with Crippen molar-refractivity contribution in [3.05, 3.63) is 84.6 Å². The monoisotopic (exact) mass is 842 g/mol. The largest absolute Gasteiger partial charge is 0.469 e. The van der Waals surface area contributed by atoms with E-state index in [4.69, 9.17) is 19.4 Å². The predicted molar refractivity (Wildman–Crippen MR) is 240 cm³/mol. The molecule has 0 radical (unpaired) electrons. The third-order valence-electron chi connectivity index (χ3n) is 13.4. The molecule has 6 atom stereocenters. The normalized spacial score (nSPS) is 20.0. The van der Waals surface area contributed by atoms with Gasteiger partial charge in [0.05, 0.1) is 73.9 Å². The van der Waals surface area contributed by atoms with E-state index in [1.54, 1.807) is 0 Å². The molecule has 0 saturated carbocycles. The van der Waals surface area contributed by atoms with Crippen LogP contribution in [0.1, 0.15) is 104 Å². The summed E-state index contributed by atoms with van der Waals surface area (Å²) in [5.41, 5.74) is 7.97. The summed E-state index contributed by atoms with van der Waals surface area (Å²) in [6.07, 6.45) is 5.55. The number of ether oxygens (including phenoxy) is 2. The van der Waals surface area contributed by atoms with Crippen molar-refractivity contribution in [2.75, 3.05) is 27.3 Å². The number of methoxy groups -OCH3 is 2. The number of imidazole rings is 2.